The maximum atomic E-state index is 12.3. The van der Waals surface area contributed by atoms with Gasteiger partial charge in [-0.15, -0.1) is 0 Å². The Morgan fingerprint density at radius 3 is 2.63 bits per heavy atom. The molecule has 19 heavy (non-hydrogen) atoms. The zero-order valence-electron chi connectivity index (χ0n) is 11.7. The molecule has 2 fully saturated rings. The molecule has 1 aliphatic carbocycles. The third kappa shape index (κ3) is 3.26. The summed E-state index contributed by atoms with van der Waals surface area (Å²) in [5.41, 5.74) is -0.0346. The van der Waals surface area contributed by atoms with Gasteiger partial charge in [0, 0.05) is 6.04 Å². The molecule has 2 rings (SSSR count). The van der Waals surface area contributed by atoms with Crippen LogP contribution in [0.25, 0.3) is 0 Å². The minimum absolute atomic E-state index is 0.0214. The number of rotatable bonds is 3. The number of aliphatic carboxylic acids is 1. The second-order valence-corrected chi connectivity index (χ2v) is 6.53. The predicted molar refractivity (Wildman–Crippen MR) is 71.7 cm³/mol. The molecule has 1 heterocycles. The highest BCUT2D eigenvalue weighted by Crippen LogP contribution is 2.31. The minimum atomic E-state index is -0.743. The van der Waals surface area contributed by atoms with Gasteiger partial charge < -0.3 is 15.7 Å². The van der Waals surface area contributed by atoms with Gasteiger partial charge in [-0.05, 0) is 44.1 Å². The Kier molecular flexibility index (Phi) is 4.13. The number of hydrogen-bond acceptors (Lipinski definition) is 3. The van der Waals surface area contributed by atoms with Crippen molar-refractivity contribution in [1.82, 2.24) is 10.6 Å². The smallest absolute Gasteiger partial charge is 0.306 e. The lowest BCUT2D eigenvalue weighted by Crippen LogP contribution is -2.56. The second-order valence-electron chi connectivity index (χ2n) is 6.53. The number of nitrogens with one attached hydrogen (secondary N) is 2. The Morgan fingerprint density at radius 2 is 2.05 bits per heavy atom. The van der Waals surface area contributed by atoms with Crippen LogP contribution in [0.2, 0.25) is 0 Å². The van der Waals surface area contributed by atoms with Crippen molar-refractivity contribution >= 4 is 11.9 Å². The number of amides is 1. The van der Waals surface area contributed by atoms with Crippen LogP contribution in [-0.2, 0) is 9.59 Å². The zero-order chi connectivity index (χ0) is 14.0. The van der Waals surface area contributed by atoms with Crippen LogP contribution in [0, 0.1) is 11.3 Å². The summed E-state index contributed by atoms with van der Waals surface area (Å²) in [5.74, 6) is -1.01. The summed E-state index contributed by atoms with van der Waals surface area (Å²) < 4.78 is 0. The van der Waals surface area contributed by atoms with Gasteiger partial charge in [-0.3, -0.25) is 9.59 Å². The van der Waals surface area contributed by atoms with Crippen molar-refractivity contribution in [1.29, 1.82) is 0 Å². The first-order chi connectivity index (χ1) is 8.90. The Morgan fingerprint density at radius 1 is 1.32 bits per heavy atom. The molecule has 0 aromatic heterocycles. The summed E-state index contributed by atoms with van der Waals surface area (Å²) >= 11 is 0. The van der Waals surface area contributed by atoms with E-state index < -0.39 is 5.97 Å². The fraction of sp³-hybridized carbons (Fsp3) is 0.857. The summed E-state index contributed by atoms with van der Waals surface area (Å²) in [6, 6.07) is -0.141. The fourth-order valence-corrected chi connectivity index (χ4v) is 3.28. The lowest BCUT2D eigenvalue weighted by Gasteiger charge is -2.38. The van der Waals surface area contributed by atoms with E-state index in [-0.39, 0.29) is 29.3 Å². The molecule has 0 radical (unpaired) electrons. The van der Waals surface area contributed by atoms with E-state index in [1.807, 2.05) is 0 Å². The molecule has 3 N–H and O–H groups in total. The summed E-state index contributed by atoms with van der Waals surface area (Å²) in [6.45, 7) is 5.10. The van der Waals surface area contributed by atoms with Crippen LogP contribution in [0.1, 0.15) is 46.0 Å². The van der Waals surface area contributed by atoms with Crippen molar-refractivity contribution in [3.63, 3.8) is 0 Å². The van der Waals surface area contributed by atoms with Crippen LogP contribution in [0.3, 0.4) is 0 Å². The average Bonchev–Trinajstić information content (AvgIpc) is 2.76. The number of carboxylic acids is 1. The molecule has 0 bridgehead atoms. The van der Waals surface area contributed by atoms with Gasteiger partial charge in [-0.2, -0.15) is 0 Å². The van der Waals surface area contributed by atoms with Crippen molar-refractivity contribution in [2.75, 3.05) is 6.54 Å². The SMILES string of the molecule is CC1(C)CCCNC1C(=O)NC1CCC(C(=O)O)C1. The van der Waals surface area contributed by atoms with Gasteiger partial charge in [0.1, 0.15) is 0 Å². The normalized spacial score (nSPS) is 33.9. The molecule has 5 heteroatoms. The largest absolute Gasteiger partial charge is 0.481 e. The van der Waals surface area contributed by atoms with Gasteiger partial charge in [0.15, 0.2) is 0 Å². The Balaban J connectivity index is 1.89. The Bertz CT molecular complexity index is 368. The van der Waals surface area contributed by atoms with Crippen molar-refractivity contribution in [3.8, 4) is 0 Å². The molecular weight excluding hydrogens is 244 g/mol. The van der Waals surface area contributed by atoms with Crippen LogP contribution in [-0.4, -0.2) is 35.6 Å². The maximum Gasteiger partial charge on any atom is 0.306 e. The molecule has 108 valence electrons. The highest BCUT2D eigenvalue weighted by atomic mass is 16.4. The molecule has 0 spiro atoms. The third-order valence-corrected chi connectivity index (χ3v) is 4.52. The highest BCUT2D eigenvalue weighted by Gasteiger charge is 2.39. The predicted octanol–water partition coefficient (Wildman–Crippen LogP) is 1.13. The zero-order valence-corrected chi connectivity index (χ0v) is 11.7. The van der Waals surface area contributed by atoms with Crippen molar-refractivity contribution in [2.45, 2.75) is 58.0 Å². The monoisotopic (exact) mass is 268 g/mol. The van der Waals surface area contributed by atoms with E-state index in [9.17, 15) is 9.59 Å². The topological polar surface area (TPSA) is 78.4 Å². The molecule has 1 saturated heterocycles. The average molecular weight is 268 g/mol. The molecular formula is C14H24N2O3. The fourth-order valence-electron chi connectivity index (χ4n) is 3.28. The van der Waals surface area contributed by atoms with Crippen molar-refractivity contribution in [3.05, 3.63) is 0 Å². The van der Waals surface area contributed by atoms with Gasteiger partial charge in [0.2, 0.25) is 5.91 Å². The van der Waals surface area contributed by atoms with Gasteiger partial charge >= 0.3 is 5.97 Å². The first-order valence-electron chi connectivity index (χ1n) is 7.17. The van der Waals surface area contributed by atoms with E-state index in [2.05, 4.69) is 24.5 Å². The number of hydrogen-bond donors (Lipinski definition) is 3. The minimum Gasteiger partial charge on any atom is -0.481 e. The van der Waals surface area contributed by atoms with E-state index in [1.165, 1.54) is 0 Å². The summed E-state index contributed by atoms with van der Waals surface area (Å²) in [4.78, 5) is 23.2. The number of carbonyl (C=O) groups excluding carboxylic acids is 1. The summed E-state index contributed by atoms with van der Waals surface area (Å²) in [7, 11) is 0. The molecule has 1 saturated carbocycles. The van der Waals surface area contributed by atoms with E-state index in [4.69, 9.17) is 5.11 Å². The maximum absolute atomic E-state index is 12.3. The van der Waals surface area contributed by atoms with Gasteiger partial charge in [-0.1, -0.05) is 13.8 Å². The number of piperidine rings is 1. The van der Waals surface area contributed by atoms with Crippen LogP contribution in [0.5, 0.6) is 0 Å². The molecule has 3 unspecified atom stereocenters. The summed E-state index contributed by atoms with van der Waals surface area (Å²) in [5, 5.41) is 15.3. The van der Waals surface area contributed by atoms with Crippen LogP contribution < -0.4 is 10.6 Å². The van der Waals surface area contributed by atoms with Crippen molar-refractivity contribution < 1.29 is 14.7 Å². The molecule has 0 aromatic carbocycles. The lowest BCUT2D eigenvalue weighted by molar-refractivity contribution is -0.141. The van der Waals surface area contributed by atoms with E-state index in [0.29, 0.717) is 12.8 Å². The van der Waals surface area contributed by atoms with E-state index in [1.54, 1.807) is 0 Å². The van der Waals surface area contributed by atoms with E-state index >= 15 is 0 Å². The van der Waals surface area contributed by atoms with Crippen LogP contribution in [0.4, 0.5) is 0 Å². The van der Waals surface area contributed by atoms with Crippen LogP contribution >= 0.6 is 0 Å². The quantitative estimate of drug-likeness (QED) is 0.717. The molecule has 3 atom stereocenters. The van der Waals surface area contributed by atoms with Crippen LogP contribution in [0.15, 0.2) is 0 Å². The lowest BCUT2D eigenvalue weighted by atomic mass is 9.77. The van der Waals surface area contributed by atoms with Gasteiger partial charge in [-0.25, -0.2) is 0 Å². The highest BCUT2D eigenvalue weighted by molar-refractivity contribution is 5.83. The van der Waals surface area contributed by atoms with Gasteiger partial charge in [0.25, 0.3) is 0 Å². The molecule has 1 aliphatic heterocycles. The molecule has 2 aliphatic rings. The summed E-state index contributed by atoms with van der Waals surface area (Å²) in [6.07, 6.45) is 4.15. The molecule has 1 amide bonds. The van der Waals surface area contributed by atoms with Gasteiger partial charge in [0.05, 0.1) is 12.0 Å². The third-order valence-electron chi connectivity index (χ3n) is 4.52. The number of carboxylic acid groups (broad SMARTS) is 1. The molecule has 5 nitrogen and oxygen atoms in total. The first-order valence-corrected chi connectivity index (χ1v) is 7.17. The standard InChI is InChI=1S/C14H24N2O3/c1-14(2)6-3-7-15-11(14)12(17)16-10-5-4-9(8-10)13(18)19/h9-11,15H,3-8H2,1-2H3,(H,16,17)(H,18,19). The Labute approximate surface area is 114 Å². The Hall–Kier alpha value is -1.10. The molecule has 0 aromatic rings. The number of carbonyl (C=O) groups is 2. The van der Waals surface area contributed by atoms with Crippen molar-refractivity contribution in [2.24, 2.45) is 11.3 Å². The first kappa shape index (κ1) is 14.3. The second kappa shape index (κ2) is 5.49. The van der Waals surface area contributed by atoms with E-state index in [0.717, 1.165) is 25.8 Å².